The summed E-state index contributed by atoms with van der Waals surface area (Å²) < 4.78 is 25.0. The zero-order valence-electron chi connectivity index (χ0n) is 87.6. The molecule has 776 valence electrons. The zero-order chi connectivity index (χ0) is 99.5. The fraction of sp³-hybridized carbons (Fsp3) is 0.761. The number of Topliss-reactive ketones (excluding diaryl/α,β-unsaturated/α-hetero) is 4. The Morgan fingerprint density at radius 2 is 0.669 bits per heavy atom. The molecule has 8 aromatic rings. The van der Waals surface area contributed by atoms with E-state index in [1.807, 2.05) is 100 Å². The summed E-state index contributed by atoms with van der Waals surface area (Å²) in [6, 6.07) is 22.8. The Labute approximate surface area is 851 Å². The summed E-state index contributed by atoms with van der Waals surface area (Å²) in [5.74, 6) is 16.2. The highest BCUT2D eigenvalue weighted by Crippen LogP contribution is 2.74. The average molecular weight is 2020 g/mol. The summed E-state index contributed by atoms with van der Waals surface area (Å²) in [5, 5.41) is 80.1. The van der Waals surface area contributed by atoms with Crippen molar-refractivity contribution in [1.82, 2.24) is 60.4 Å². The number of ether oxygens (including phenoxy) is 4. The van der Waals surface area contributed by atoms with E-state index in [1.54, 1.807) is 42.6 Å². The fourth-order valence-corrected chi connectivity index (χ4v) is 37.8. The minimum Gasteiger partial charge on any atom is -0.494 e. The molecule has 4 aromatic carbocycles. The largest absolute Gasteiger partial charge is 0.494 e. The maximum absolute atomic E-state index is 13.8. The number of aromatic nitrogens is 12. The predicted molar refractivity (Wildman–Crippen MR) is 557 cm³/mol. The third-order valence-electron chi connectivity index (χ3n) is 45.0. The summed E-state index contributed by atoms with van der Waals surface area (Å²) in [6.45, 7) is 28.8. The van der Waals surface area contributed by atoms with Crippen molar-refractivity contribution in [2.45, 2.75) is 364 Å². The second-order valence-electron chi connectivity index (χ2n) is 52.0. The van der Waals surface area contributed by atoms with Crippen LogP contribution >= 0.6 is 15.9 Å². The standard InChI is InChI=1S/3C29H41N3O3.C22H35BrO2.C7H7N3O.CH4/c1-27(34)14-15-28(2)18(16-27)8-9-19-20-10-11-22(29(20,3)13-12-21(19)28)24(33)17-32-23-6-5-7-25(35-4)26(23)30-31-32;1-27(34)14-15-28(2)18(16-27)8-9-19-20-10-11-22(29(20,3)13-12-21(19)28)24(33)17-32-26-23(30-31-32)6-5-7-25(26)35-4;1-27(34)14-15-28(2)18(16-27)8-9-19-20-10-11-22(29(20,3)13-12-21(19)28)24(33)17-32-30-23-6-5-7-25(35-4)26(23)31-32;1-20(25)10-11-21(2)14(12-20)4-5-15-16-6-7-18(19(24)13-23)22(16,3)9-8-17(15)21;1-11-6-4-2-3-5-7(6)9-10-8-5;/h3*5-7,18-22,34H,8-17H2,1-4H3;14-18,25H,4-13H2,1-3H3;2-4H,1H3,(H,8,9,10);1H4/t3*18-,19+,20+,21+,22-,27-,28+,29+;14-,15+,16+,17+,18-,20-,21+,22+;;/m1111../s1. The molecule has 0 aliphatic heterocycles. The Hall–Kier alpha value is -7.32. The summed E-state index contributed by atoms with van der Waals surface area (Å²) in [5.41, 5.74) is 6.33. The molecule has 25 heteroatoms. The number of nitrogens with zero attached hydrogens (tertiary/aromatic N) is 11. The average Bonchev–Trinajstić information content (AvgIpc) is 1.44. The van der Waals surface area contributed by atoms with Crippen LogP contribution in [0.5, 0.6) is 23.0 Å². The number of fused-ring (bicyclic) bond motifs is 24. The molecule has 32 atom stereocenters. The van der Waals surface area contributed by atoms with Crippen molar-refractivity contribution < 1.29 is 58.6 Å². The number of benzene rings is 4. The number of aromatic amines is 1. The SMILES string of the molecule is C.COc1cccc2c1nnn2CC(=O)[C@H]1CC[C@H]2[C@@H]3CC[C@@H]4C[C@](C)(O)CC[C@]4(C)[C@H]3CC[C@]12C.COc1cccc2n[nH]nc12.COc1cccc2nn(CC(=O)[C@H]3CC[C@H]4[C@@H]5CC[C@@H]6C[C@](C)(O)CC[C@]6(C)[C@H]5CC[C@]34C)nc12.COc1cccc2nnn(CC(=O)[C@H]3CC[C@H]4[C@@H]5CC[C@@H]6C[C@](C)(O)CC[C@]6(C)[C@H]5CC[C@]34C)c12.C[C@@]1(O)CC[C@@]2(C)[C@H](CC[C@@H]3[C@@H]2CC[C@]2(C)[C@@H](C(=O)CBr)CC[C@@H]32)C1. The number of methoxy groups -OCH3 is 4. The van der Waals surface area contributed by atoms with Gasteiger partial charge in [-0.05, 0) is 445 Å². The van der Waals surface area contributed by atoms with E-state index in [0.29, 0.717) is 115 Å². The van der Waals surface area contributed by atoms with E-state index < -0.39 is 22.4 Å². The predicted octanol–water partition coefficient (Wildman–Crippen LogP) is 23.2. The Kier molecular flexibility index (Phi) is 28.1. The van der Waals surface area contributed by atoms with Crippen LogP contribution in [-0.4, -0.2) is 160 Å². The van der Waals surface area contributed by atoms with E-state index >= 15 is 0 Å². The van der Waals surface area contributed by atoms with Crippen molar-refractivity contribution in [3.63, 3.8) is 0 Å². The van der Waals surface area contributed by atoms with E-state index in [2.05, 4.69) is 118 Å². The number of carbonyl (C=O) groups is 4. The normalized spacial score (nSPS) is 42.2. The molecule has 5 N–H and O–H groups in total. The molecule has 0 amide bonds. The summed E-state index contributed by atoms with van der Waals surface area (Å²) >= 11 is 3.43. The molecule has 16 aliphatic rings. The fourth-order valence-electron chi connectivity index (χ4n) is 37.4. The highest BCUT2D eigenvalue weighted by molar-refractivity contribution is 9.09. The molecular formula is C117H169BrN12O12. The van der Waals surface area contributed by atoms with Crippen LogP contribution in [0.15, 0.2) is 72.8 Å². The molecule has 24 nitrogen and oxygen atoms in total. The number of carbonyl (C=O) groups excluding carboxylic acids is 4. The van der Waals surface area contributed by atoms with Gasteiger partial charge in [-0.3, -0.25) is 19.2 Å². The molecule has 0 radical (unpaired) electrons. The van der Waals surface area contributed by atoms with Crippen LogP contribution in [0.25, 0.3) is 44.1 Å². The highest BCUT2D eigenvalue weighted by atomic mass is 79.9. The number of halogens is 1. The molecule has 16 saturated carbocycles. The number of rotatable bonds is 15. The van der Waals surface area contributed by atoms with E-state index in [-0.39, 0.29) is 65.8 Å². The first-order valence-corrected chi connectivity index (χ1v) is 56.2. The molecule has 142 heavy (non-hydrogen) atoms. The molecule has 4 aromatic heterocycles. The maximum Gasteiger partial charge on any atom is 0.159 e. The molecule has 4 heterocycles. The quantitative estimate of drug-likeness (QED) is 0.0595. The van der Waals surface area contributed by atoms with Crippen molar-refractivity contribution in [2.24, 2.45) is 162 Å². The summed E-state index contributed by atoms with van der Waals surface area (Å²) in [6.07, 6.45) is 41.1. The second kappa shape index (κ2) is 38.7. The van der Waals surface area contributed by atoms with Gasteiger partial charge in [0.05, 0.1) is 61.7 Å². The third-order valence-corrected chi connectivity index (χ3v) is 45.6. The number of ketones is 4. The van der Waals surface area contributed by atoms with E-state index in [4.69, 9.17) is 18.9 Å². The molecule has 24 rings (SSSR count). The first kappa shape index (κ1) is 103. The lowest BCUT2D eigenvalue weighted by Crippen LogP contribution is -2.55. The van der Waals surface area contributed by atoms with Gasteiger partial charge in [0.15, 0.2) is 33.9 Å². The summed E-state index contributed by atoms with van der Waals surface area (Å²) in [4.78, 5) is 55.3. The second-order valence-corrected chi connectivity index (χ2v) is 52.5. The Morgan fingerprint density at radius 3 is 1.06 bits per heavy atom. The first-order valence-electron chi connectivity index (χ1n) is 55.1. The van der Waals surface area contributed by atoms with E-state index in [1.165, 1.54) is 116 Å². The van der Waals surface area contributed by atoms with Crippen molar-refractivity contribution in [2.75, 3.05) is 33.8 Å². The van der Waals surface area contributed by atoms with Crippen LogP contribution in [0.3, 0.4) is 0 Å². The van der Waals surface area contributed by atoms with Gasteiger partial charge in [0.1, 0.15) is 70.5 Å². The molecular weight excluding hydrogens is 1850 g/mol. The molecule has 16 fully saturated rings. The molecule has 0 bridgehead atoms. The van der Waals surface area contributed by atoms with Gasteiger partial charge in [-0.15, -0.1) is 15.3 Å². The van der Waals surface area contributed by atoms with Gasteiger partial charge in [0.2, 0.25) is 0 Å². The van der Waals surface area contributed by atoms with Crippen molar-refractivity contribution in [1.29, 1.82) is 0 Å². The van der Waals surface area contributed by atoms with Gasteiger partial charge in [0, 0.05) is 23.7 Å². The Bertz CT molecular complexity index is 5920. The number of alkyl halides is 1. The lowest BCUT2D eigenvalue weighted by Gasteiger charge is -2.61. The smallest absolute Gasteiger partial charge is 0.159 e. The number of hydrogen-bond acceptors (Lipinski definition) is 20. The topological polar surface area (TPSA) is 320 Å². The minimum absolute atomic E-state index is 0. The maximum atomic E-state index is 13.8. The first-order chi connectivity index (χ1) is 67.1. The number of para-hydroxylation sites is 2. The molecule has 0 unspecified atom stereocenters. The highest BCUT2D eigenvalue weighted by Gasteiger charge is 2.68. The van der Waals surface area contributed by atoms with Crippen molar-refractivity contribution in [3.8, 4) is 23.0 Å². The number of aliphatic hydroxyl groups is 4. The van der Waals surface area contributed by atoms with Gasteiger partial charge < -0.3 is 39.4 Å². The molecule has 16 aliphatic carbocycles. The summed E-state index contributed by atoms with van der Waals surface area (Å²) in [7, 11) is 6.54. The lowest BCUT2D eigenvalue weighted by molar-refractivity contribution is -0.151. The Balaban J connectivity index is 0.000000116. The van der Waals surface area contributed by atoms with Crippen molar-refractivity contribution >= 4 is 83.2 Å². The van der Waals surface area contributed by atoms with Gasteiger partial charge in [-0.25, -0.2) is 9.36 Å². The third kappa shape index (κ3) is 17.9. The van der Waals surface area contributed by atoms with E-state index in [0.717, 1.165) is 219 Å². The van der Waals surface area contributed by atoms with Crippen LogP contribution < -0.4 is 18.9 Å². The van der Waals surface area contributed by atoms with Crippen LogP contribution in [0.2, 0.25) is 0 Å². The van der Waals surface area contributed by atoms with Crippen LogP contribution in [0.4, 0.5) is 0 Å². The monoisotopic (exact) mass is 2010 g/mol. The zero-order valence-corrected chi connectivity index (χ0v) is 89.2. The molecule has 0 spiro atoms. The lowest BCUT2D eigenvalue weighted by atomic mass is 9.44. The van der Waals surface area contributed by atoms with Crippen LogP contribution in [0, 0.1) is 162 Å². The van der Waals surface area contributed by atoms with Gasteiger partial charge in [-0.2, -0.15) is 25.3 Å². The van der Waals surface area contributed by atoms with Crippen molar-refractivity contribution in [3.05, 3.63) is 72.8 Å². The number of nitrogens with one attached hydrogen (secondary N) is 1. The number of hydrogen-bond donors (Lipinski definition) is 5. The van der Waals surface area contributed by atoms with Gasteiger partial charge in [-0.1, -0.05) is 113 Å². The molecule has 0 saturated heterocycles. The van der Waals surface area contributed by atoms with E-state index in [9.17, 15) is 39.6 Å². The number of H-pyrrole nitrogens is 1. The van der Waals surface area contributed by atoms with Gasteiger partial charge >= 0.3 is 0 Å². The minimum atomic E-state index is -0.487. The van der Waals surface area contributed by atoms with Crippen LogP contribution in [-0.2, 0) is 38.8 Å². The Morgan fingerprint density at radius 1 is 0.338 bits per heavy atom. The van der Waals surface area contributed by atoms with Gasteiger partial charge in [0.25, 0.3) is 0 Å². The van der Waals surface area contributed by atoms with Crippen LogP contribution in [0.1, 0.15) is 322 Å².